The van der Waals surface area contributed by atoms with Gasteiger partial charge in [-0.1, -0.05) is 26.0 Å². The smallest absolute Gasteiger partial charge is 0.243 e. The number of amides is 1. The summed E-state index contributed by atoms with van der Waals surface area (Å²) < 4.78 is 26.7. The van der Waals surface area contributed by atoms with E-state index in [0.717, 1.165) is 5.56 Å². The Morgan fingerprint density at radius 2 is 1.71 bits per heavy atom. The summed E-state index contributed by atoms with van der Waals surface area (Å²) in [7, 11) is -1.93. The number of benzene rings is 1. The van der Waals surface area contributed by atoms with Gasteiger partial charge in [0.05, 0.1) is 4.90 Å². The molecule has 0 radical (unpaired) electrons. The van der Waals surface area contributed by atoms with E-state index < -0.39 is 16.1 Å². The fourth-order valence-electron chi connectivity index (χ4n) is 2.48. The predicted octanol–water partition coefficient (Wildman–Crippen LogP) is 1.66. The number of likely N-dealkylation sites (N-methyl/N-ethyl adjacent to an activating group) is 1. The summed E-state index contributed by atoms with van der Waals surface area (Å²) >= 11 is 0. The summed E-state index contributed by atoms with van der Waals surface area (Å²) in [6.07, 6.45) is 0. The number of carbonyl (C=O) groups is 1. The van der Waals surface area contributed by atoms with Crippen LogP contribution in [-0.4, -0.2) is 49.7 Å². The van der Waals surface area contributed by atoms with Gasteiger partial charge in [0.2, 0.25) is 15.9 Å². The Balaban J connectivity index is 2.31. The zero-order valence-electron chi connectivity index (χ0n) is 12.9. The van der Waals surface area contributed by atoms with Gasteiger partial charge in [0.15, 0.2) is 0 Å². The fourth-order valence-corrected chi connectivity index (χ4v) is 4.06. The van der Waals surface area contributed by atoms with Crippen molar-refractivity contribution in [2.45, 2.75) is 37.6 Å². The van der Waals surface area contributed by atoms with Gasteiger partial charge in [-0.2, -0.15) is 4.31 Å². The van der Waals surface area contributed by atoms with Crippen LogP contribution in [0, 0.1) is 0 Å². The van der Waals surface area contributed by atoms with Gasteiger partial charge in [0, 0.05) is 20.1 Å². The molecule has 21 heavy (non-hydrogen) atoms. The highest BCUT2D eigenvalue weighted by atomic mass is 32.2. The van der Waals surface area contributed by atoms with Crippen LogP contribution in [0.1, 0.15) is 32.3 Å². The van der Waals surface area contributed by atoms with E-state index in [1.165, 1.54) is 4.31 Å². The molecule has 1 heterocycles. The van der Waals surface area contributed by atoms with Crippen molar-refractivity contribution in [2.24, 2.45) is 0 Å². The van der Waals surface area contributed by atoms with E-state index in [1.807, 2.05) is 12.1 Å². The van der Waals surface area contributed by atoms with Crippen molar-refractivity contribution in [1.29, 1.82) is 0 Å². The lowest BCUT2D eigenvalue weighted by atomic mass is 10.0. The van der Waals surface area contributed by atoms with Crippen molar-refractivity contribution in [2.75, 3.05) is 20.1 Å². The Kier molecular flexibility index (Phi) is 4.39. The van der Waals surface area contributed by atoms with Gasteiger partial charge in [0.25, 0.3) is 0 Å². The third kappa shape index (κ3) is 2.96. The summed E-state index contributed by atoms with van der Waals surface area (Å²) in [5.74, 6) is 0.189. The van der Waals surface area contributed by atoms with Crippen LogP contribution in [0.2, 0.25) is 0 Å². The second-order valence-corrected chi connectivity index (χ2v) is 7.67. The summed E-state index contributed by atoms with van der Waals surface area (Å²) in [6, 6.07) is 6.26. The van der Waals surface area contributed by atoms with Crippen LogP contribution >= 0.6 is 0 Å². The van der Waals surface area contributed by atoms with Gasteiger partial charge in [-0.15, -0.1) is 0 Å². The lowest BCUT2D eigenvalue weighted by molar-refractivity contribution is -0.136. The van der Waals surface area contributed by atoms with E-state index in [4.69, 9.17) is 0 Å². The maximum Gasteiger partial charge on any atom is 0.243 e. The maximum atomic E-state index is 12.7. The number of nitrogens with zero attached hydrogens (tertiary/aromatic N) is 2. The summed E-state index contributed by atoms with van der Waals surface area (Å²) in [5.41, 5.74) is 1.09. The molecule has 0 saturated carbocycles. The van der Waals surface area contributed by atoms with Gasteiger partial charge in [-0.3, -0.25) is 4.79 Å². The molecular formula is C15H22N2O3S. The summed E-state index contributed by atoms with van der Waals surface area (Å²) in [5, 5.41) is 0. The van der Waals surface area contributed by atoms with Gasteiger partial charge in [-0.05, 0) is 30.5 Å². The van der Waals surface area contributed by atoms with Crippen LogP contribution in [0.4, 0.5) is 0 Å². The fraction of sp³-hybridized carbons (Fsp3) is 0.533. The van der Waals surface area contributed by atoms with E-state index in [2.05, 4.69) is 13.8 Å². The van der Waals surface area contributed by atoms with Crippen LogP contribution in [0.25, 0.3) is 0 Å². The highest BCUT2D eigenvalue weighted by Crippen LogP contribution is 2.23. The van der Waals surface area contributed by atoms with Crippen molar-refractivity contribution >= 4 is 15.9 Å². The zero-order valence-corrected chi connectivity index (χ0v) is 13.7. The number of carbonyl (C=O) groups excluding carboxylic acids is 1. The van der Waals surface area contributed by atoms with Crippen LogP contribution < -0.4 is 0 Å². The van der Waals surface area contributed by atoms with Gasteiger partial charge < -0.3 is 4.90 Å². The molecule has 1 amide bonds. The predicted molar refractivity (Wildman–Crippen MR) is 81.5 cm³/mol. The Labute approximate surface area is 126 Å². The highest BCUT2D eigenvalue weighted by molar-refractivity contribution is 7.89. The normalized spacial score (nSPS) is 21.1. The van der Waals surface area contributed by atoms with E-state index in [1.54, 1.807) is 31.0 Å². The van der Waals surface area contributed by atoms with E-state index in [0.29, 0.717) is 19.0 Å². The molecule has 116 valence electrons. The van der Waals surface area contributed by atoms with E-state index >= 15 is 0 Å². The largest absolute Gasteiger partial charge is 0.343 e. The molecule has 1 aromatic rings. The molecule has 6 heteroatoms. The first-order chi connectivity index (χ1) is 9.75. The first-order valence-electron chi connectivity index (χ1n) is 7.12. The first-order valence-corrected chi connectivity index (χ1v) is 8.56. The molecule has 1 saturated heterocycles. The third-order valence-electron chi connectivity index (χ3n) is 3.97. The monoisotopic (exact) mass is 310 g/mol. The Hall–Kier alpha value is -1.40. The minimum absolute atomic E-state index is 0.163. The van der Waals surface area contributed by atoms with Crippen LogP contribution in [0.5, 0.6) is 0 Å². The van der Waals surface area contributed by atoms with Crippen molar-refractivity contribution in [1.82, 2.24) is 9.21 Å². The Morgan fingerprint density at radius 3 is 2.24 bits per heavy atom. The van der Waals surface area contributed by atoms with Crippen LogP contribution in [0.3, 0.4) is 0 Å². The van der Waals surface area contributed by atoms with Gasteiger partial charge in [0.1, 0.15) is 6.04 Å². The van der Waals surface area contributed by atoms with Gasteiger partial charge >= 0.3 is 0 Å². The lowest BCUT2D eigenvalue weighted by Gasteiger charge is -2.36. The molecule has 1 atom stereocenters. The van der Waals surface area contributed by atoms with Gasteiger partial charge in [-0.25, -0.2) is 8.42 Å². The SMILES string of the molecule is CC(C)c1ccc(S(=O)(=O)N2CCN(C)C(=O)C2C)cc1. The first kappa shape index (κ1) is 16.0. The molecule has 1 aliphatic rings. The summed E-state index contributed by atoms with van der Waals surface area (Å²) in [6.45, 7) is 6.51. The number of hydrogen-bond acceptors (Lipinski definition) is 3. The molecular weight excluding hydrogens is 288 g/mol. The molecule has 1 aliphatic heterocycles. The third-order valence-corrected chi connectivity index (χ3v) is 5.96. The molecule has 0 N–H and O–H groups in total. The minimum atomic E-state index is -3.62. The quantitative estimate of drug-likeness (QED) is 0.853. The molecule has 0 spiro atoms. The number of piperazine rings is 1. The molecule has 1 unspecified atom stereocenters. The molecule has 1 aromatic carbocycles. The molecule has 0 bridgehead atoms. The lowest BCUT2D eigenvalue weighted by Crippen LogP contribution is -2.56. The van der Waals surface area contributed by atoms with Crippen molar-refractivity contribution in [3.05, 3.63) is 29.8 Å². The second-order valence-electron chi connectivity index (χ2n) is 5.78. The molecule has 0 aliphatic carbocycles. The topological polar surface area (TPSA) is 57.7 Å². The number of hydrogen-bond donors (Lipinski definition) is 0. The molecule has 5 nitrogen and oxygen atoms in total. The summed E-state index contributed by atoms with van der Waals surface area (Å²) in [4.78, 5) is 13.8. The van der Waals surface area contributed by atoms with E-state index in [-0.39, 0.29) is 10.8 Å². The number of rotatable bonds is 3. The Bertz CT molecular complexity index is 623. The van der Waals surface area contributed by atoms with Crippen LogP contribution in [-0.2, 0) is 14.8 Å². The molecule has 2 rings (SSSR count). The molecule has 1 fully saturated rings. The Morgan fingerprint density at radius 1 is 1.14 bits per heavy atom. The maximum absolute atomic E-state index is 12.7. The molecule has 0 aromatic heterocycles. The number of sulfonamides is 1. The zero-order chi connectivity index (χ0) is 15.8. The van der Waals surface area contributed by atoms with E-state index in [9.17, 15) is 13.2 Å². The average Bonchev–Trinajstić information content (AvgIpc) is 2.44. The van der Waals surface area contributed by atoms with Crippen LogP contribution in [0.15, 0.2) is 29.2 Å². The van der Waals surface area contributed by atoms with Crippen molar-refractivity contribution < 1.29 is 13.2 Å². The van der Waals surface area contributed by atoms with Crippen molar-refractivity contribution in [3.8, 4) is 0 Å². The average molecular weight is 310 g/mol. The second kappa shape index (κ2) is 5.77. The highest BCUT2D eigenvalue weighted by Gasteiger charge is 2.37. The van der Waals surface area contributed by atoms with Crippen molar-refractivity contribution in [3.63, 3.8) is 0 Å². The standard InChI is InChI=1S/C15H22N2O3S/c1-11(2)13-5-7-14(8-6-13)21(19,20)17-10-9-16(4)15(18)12(17)3/h5-8,11-12H,9-10H2,1-4H3. The minimum Gasteiger partial charge on any atom is -0.343 e.